The number of aromatic nitrogens is 2. The average Bonchev–Trinajstić information content (AvgIpc) is 4.10. The molecule has 2 aliphatic rings. The summed E-state index contributed by atoms with van der Waals surface area (Å²) in [6.45, 7) is 0.150. The first kappa shape index (κ1) is 65.7. The van der Waals surface area contributed by atoms with Crippen LogP contribution in [0.3, 0.4) is 0 Å². The predicted molar refractivity (Wildman–Crippen MR) is 295 cm³/mol. The number of rotatable bonds is 20. The van der Waals surface area contributed by atoms with Crippen molar-refractivity contribution in [2.24, 2.45) is 0 Å². The van der Waals surface area contributed by atoms with E-state index in [0.29, 0.717) is 32.9 Å². The van der Waals surface area contributed by atoms with Gasteiger partial charge in [-0.15, -0.1) is 0 Å². The SMILES string of the molecule is O=C(O)CN1CCN(CC(=O)O)CCN(CC(=O)NNC(=O)c2[nH]c3ccccc3c2Cc2c(C(=O)NNC(=O)CN3CCN(CC(=O)O)CCN(CC(=O)O)CCN(CC(=O)O)CC3)[nH]c3ccccc23)CCN(CC(=O)O)CC1.[NaH]. The minimum atomic E-state index is -1.11. The molecule has 0 unspecified atom stereocenters. The van der Waals surface area contributed by atoms with Crippen molar-refractivity contribution in [3.8, 4) is 0 Å². The summed E-state index contributed by atoms with van der Waals surface area (Å²) < 4.78 is 0. The van der Waals surface area contributed by atoms with Crippen molar-refractivity contribution in [1.82, 2.24) is 70.9 Å². The summed E-state index contributed by atoms with van der Waals surface area (Å²) >= 11 is 0. The minimum absolute atomic E-state index is 0. The Morgan fingerprint density at radius 3 is 0.793 bits per heavy atom. The summed E-state index contributed by atoms with van der Waals surface area (Å²) in [6, 6.07) is 14.1. The van der Waals surface area contributed by atoms with Crippen molar-refractivity contribution < 1.29 is 78.6 Å². The molecule has 12 N–H and O–H groups in total. The van der Waals surface area contributed by atoms with Gasteiger partial charge in [0.25, 0.3) is 23.6 Å². The molecule has 4 aromatic rings. The molecule has 0 saturated carbocycles. The van der Waals surface area contributed by atoms with Gasteiger partial charge in [0, 0.05) is 133 Å². The maximum absolute atomic E-state index is 14.2. The third-order valence-corrected chi connectivity index (χ3v) is 13.8. The number of carboxylic acids is 6. The number of amides is 4. The van der Waals surface area contributed by atoms with E-state index in [-0.39, 0.29) is 204 Å². The molecule has 0 aliphatic carbocycles. The molecule has 6 rings (SSSR count). The molecule has 30 nitrogen and oxygen atoms in total. The summed E-state index contributed by atoms with van der Waals surface area (Å²) in [7, 11) is 0. The van der Waals surface area contributed by atoms with Gasteiger partial charge in [0.1, 0.15) is 11.4 Å². The van der Waals surface area contributed by atoms with Crippen molar-refractivity contribution >= 4 is 111 Å². The molecule has 0 atom stereocenters. The number of hydrogen-bond acceptors (Lipinski definition) is 18. The second-order valence-corrected chi connectivity index (χ2v) is 19.8. The zero-order chi connectivity index (χ0) is 58.6. The Bertz CT molecular complexity index is 2650. The van der Waals surface area contributed by atoms with Gasteiger partial charge in [0.05, 0.1) is 52.4 Å². The fourth-order valence-electron chi connectivity index (χ4n) is 9.76. The van der Waals surface area contributed by atoms with E-state index in [4.69, 9.17) is 0 Å². The zero-order valence-electron chi connectivity index (χ0n) is 44.6. The van der Waals surface area contributed by atoms with Crippen LogP contribution in [0.5, 0.6) is 0 Å². The second kappa shape index (κ2) is 32.5. The molecule has 0 radical (unpaired) electrons. The molecule has 2 aromatic carbocycles. The number of hydrogen-bond donors (Lipinski definition) is 12. The normalized spacial score (nSPS) is 17.0. The Balaban J connectivity index is 0.0000123. The van der Waals surface area contributed by atoms with Gasteiger partial charge >= 0.3 is 65.4 Å². The summed E-state index contributed by atoms with van der Waals surface area (Å²) in [5.41, 5.74) is 12.0. The molecule has 2 saturated heterocycles. The molecule has 2 fully saturated rings. The first-order valence-corrected chi connectivity index (χ1v) is 26.2. The summed E-state index contributed by atoms with van der Waals surface area (Å²) in [5.74, 6) is -9.38. The molecular formula is C51H71N14NaO16. The van der Waals surface area contributed by atoms with Crippen LogP contribution >= 0.6 is 0 Å². The third kappa shape index (κ3) is 21.3. The monoisotopic (exact) mass is 1160 g/mol. The van der Waals surface area contributed by atoms with Crippen molar-refractivity contribution in [3.63, 3.8) is 0 Å². The van der Waals surface area contributed by atoms with Gasteiger partial charge < -0.3 is 40.6 Å². The van der Waals surface area contributed by atoms with E-state index < -0.39 is 59.4 Å². The van der Waals surface area contributed by atoms with Gasteiger partial charge in [-0.3, -0.25) is 109 Å². The molecule has 4 heterocycles. The number of para-hydroxylation sites is 2. The molecule has 31 heteroatoms. The van der Waals surface area contributed by atoms with E-state index in [1.807, 2.05) is 0 Å². The number of fused-ring (bicyclic) bond motifs is 2. The number of hydrazine groups is 2. The van der Waals surface area contributed by atoms with E-state index >= 15 is 0 Å². The van der Waals surface area contributed by atoms with E-state index in [0.717, 1.165) is 0 Å². The number of H-pyrrole nitrogens is 2. The van der Waals surface area contributed by atoms with Gasteiger partial charge in [-0.25, -0.2) is 0 Å². The number of aromatic amines is 2. The number of carbonyl (C=O) groups excluding carboxylic acids is 4. The molecule has 0 spiro atoms. The number of aliphatic carboxylic acids is 6. The topological polar surface area (TPSA) is 398 Å². The van der Waals surface area contributed by atoms with Crippen molar-refractivity contribution in [2.45, 2.75) is 6.42 Å². The Hall–Kier alpha value is -7.10. The first-order valence-electron chi connectivity index (χ1n) is 26.2. The first-order chi connectivity index (χ1) is 38.7. The number of nitrogens with one attached hydrogen (secondary N) is 6. The molecule has 2 aliphatic heterocycles. The fourth-order valence-corrected chi connectivity index (χ4v) is 9.76. The van der Waals surface area contributed by atoms with Crippen molar-refractivity contribution in [3.05, 3.63) is 71.0 Å². The fraction of sp³-hybridized carbons (Fsp3) is 0.490. The van der Waals surface area contributed by atoms with Crippen LogP contribution in [0.4, 0.5) is 0 Å². The number of nitrogens with zero attached hydrogens (tertiary/aromatic N) is 8. The van der Waals surface area contributed by atoms with Gasteiger partial charge in [-0.05, 0) is 23.3 Å². The average molecular weight is 1160 g/mol. The van der Waals surface area contributed by atoms with Crippen LogP contribution in [0.25, 0.3) is 21.8 Å². The third-order valence-electron chi connectivity index (χ3n) is 13.8. The molecule has 442 valence electrons. The predicted octanol–water partition coefficient (Wildman–Crippen LogP) is -3.94. The van der Waals surface area contributed by atoms with Crippen LogP contribution in [0.15, 0.2) is 48.5 Å². The Kier molecular flexibility index (Phi) is 26.1. The van der Waals surface area contributed by atoms with E-state index in [1.165, 1.54) is 0 Å². The van der Waals surface area contributed by atoms with Crippen molar-refractivity contribution in [2.75, 3.05) is 157 Å². The summed E-state index contributed by atoms with van der Waals surface area (Å²) in [4.78, 5) is 145. The van der Waals surface area contributed by atoms with Crippen LogP contribution in [0.1, 0.15) is 32.1 Å². The quantitative estimate of drug-likeness (QED) is 0.0297. The summed E-state index contributed by atoms with van der Waals surface area (Å²) in [6.07, 6.45) is -0.0233. The van der Waals surface area contributed by atoms with Gasteiger partial charge in [-0.1, -0.05) is 36.4 Å². The van der Waals surface area contributed by atoms with E-state index in [2.05, 4.69) is 31.7 Å². The van der Waals surface area contributed by atoms with Crippen LogP contribution in [0, 0.1) is 0 Å². The molecule has 2 aromatic heterocycles. The number of benzene rings is 2. The van der Waals surface area contributed by atoms with Crippen LogP contribution < -0.4 is 21.7 Å². The summed E-state index contributed by atoms with van der Waals surface area (Å²) in [5, 5.41) is 58.6. The molecule has 0 bridgehead atoms. The zero-order valence-corrected chi connectivity index (χ0v) is 44.6. The molecular weight excluding hydrogens is 1090 g/mol. The van der Waals surface area contributed by atoms with Crippen molar-refractivity contribution in [1.29, 1.82) is 0 Å². The standard InChI is InChI=1S/C51H70N14O16.Na.H/c66-40(26-58-9-13-60(28-42(68)69)17-21-64(32-46(76)77)22-18-61(14-10-58)29-43(70)71)54-56-50(80)48-36(34-5-1-3-7-38(34)52-48)25-37-35-6-2-4-8-39(35)53-49(37)51(81)57-55-41(67)27-59-11-15-62(30-44(72)73)19-23-65(33-47(78)79)24-20-63(16-12-59)31-45(74)75;;/h1-8,52-53H,9-33H2,(H,54,66)(H,55,67)(H,56,80)(H,57,81)(H,68,69)(H,70,71)(H,72,73)(H,74,75)(H,76,77)(H,78,79);;. The number of carbonyl (C=O) groups is 10. The van der Waals surface area contributed by atoms with E-state index in [9.17, 15) is 78.6 Å². The molecule has 4 amide bonds. The Morgan fingerprint density at radius 1 is 0.341 bits per heavy atom. The van der Waals surface area contributed by atoms with Crippen LogP contribution in [0.2, 0.25) is 0 Å². The van der Waals surface area contributed by atoms with Gasteiger partial charge in [0.15, 0.2) is 0 Å². The maximum atomic E-state index is 14.2. The Morgan fingerprint density at radius 2 is 0.561 bits per heavy atom. The van der Waals surface area contributed by atoms with Gasteiger partial charge in [0.2, 0.25) is 0 Å². The molecule has 82 heavy (non-hydrogen) atoms. The van der Waals surface area contributed by atoms with E-state index in [1.54, 1.807) is 87.7 Å². The van der Waals surface area contributed by atoms with Crippen LogP contribution in [-0.4, -0.2) is 326 Å². The van der Waals surface area contributed by atoms with Crippen LogP contribution in [-0.2, 0) is 44.8 Å². The number of carboxylic acid groups (broad SMARTS) is 6. The second-order valence-electron chi connectivity index (χ2n) is 19.8. The Labute approximate surface area is 492 Å². The van der Waals surface area contributed by atoms with Gasteiger partial charge in [-0.2, -0.15) is 0 Å².